The quantitative estimate of drug-likeness (QED) is 0.687. The van der Waals surface area contributed by atoms with Crippen LogP contribution in [0.3, 0.4) is 0 Å². The Labute approximate surface area is 108 Å². The standard InChI is InChI=1S/C14H11N3O2/c15-9-6-7-11-12(8-9)17(16-13(11)14(18)19)10-4-2-1-3-5-10/h1-8H,15H2,(H,18,19). The number of hydrogen-bond donors (Lipinski definition) is 2. The van der Waals surface area contributed by atoms with Gasteiger partial charge < -0.3 is 10.8 Å². The minimum atomic E-state index is -1.05. The lowest BCUT2D eigenvalue weighted by molar-refractivity contribution is 0.0692. The van der Waals surface area contributed by atoms with E-state index in [1.807, 2.05) is 30.3 Å². The molecule has 2 aromatic carbocycles. The smallest absolute Gasteiger partial charge is 0.357 e. The molecule has 0 atom stereocenters. The number of nitrogens with zero attached hydrogens (tertiary/aromatic N) is 2. The second-order valence-corrected chi connectivity index (χ2v) is 4.18. The summed E-state index contributed by atoms with van der Waals surface area (Å²) in [5.41, 5.74) is 7.85. The predicted octanol–water partition coefficient (Wildman–Crippen LogP) is 2.31. The lowest BCUT2D eigenvalue weighted by Gasteiger charge is -2.03. The minimum absolute atomic E-state index is 0.0267. The molecule has 0 bridgehead atoms. The first-order valence-corrected chi connectivity index (χ1v) is 5.74. The Balaban J connectivity index is 2.36. The van der Waals surface area contributed by atoms with Gasteiger partial charge in [0.2, 0.25) is 0 Å². The normalized spacial score (nSPS) is 10.7. The van der Waals surface area contributed by atoms with Gasteiger partial charge in [-0.15, -0.1) is 0 Å². The van der Waals surface area contributed by atoms with Crippen LogP contribution >= 0.6 is 0 Å². The van der Waals surface area contributed by atoms with Gasteiger partial charge in [-0.1, -0.05) is 18.2 Å². The summed E-state index contributed by atoms with van der Waals surface area (Å²) in [5.74, 6) is -1.05. The summed E-state index contributed by atoms with van der Waals surface area (Å²) in [6.45, 7) is 0. The minimum Gasteiger partial charge on any atom is -0.476 e. The lowest BCUT2D eigenvalue weighted by atomic mass is 10.2. The molecule has 0 aliphatic heterocycles. The number of nitrogen functional groups attached to an aromatic ring is 1. The number of rotatable bonds is 2. The molecular formula is C14H11N3O2. The molecule has 5 heteroatoms. The Morgan fingerprint density at radius 3 is 2.58 bits per heavy atom. The van der Waals surface area contributed by atoms with E-state index in [-0.39, 0.29) is 5.69 Å². The third-order valence-electron chi connectivity index (χ3n) is 2.91. The molecule has 0 aliphatic rings. The summed E-state index contributed by atoms with van der Waals surface area (Å²) < 4.78 is 1.59. The van der Waals surface area contributed by atoms with Gasteiger partial charge in [-0.25, -0.2) is 9.48 Å². The summed E-state index contributed by atoms with van der Waals surface area (Å²) in [6, 6.07) is 14.4. The van der Waals surface area contributed by atoms with Crippen molar-refractivity contribution < 1.29 is 9.90 Å². The second kappa shape index (κ2) is 4.13. The van der Waals surface area contributed by atoms with Crippen molar-refractivity contribution in [3.63, 3.8) is 0 Å². The maximum absolute atomic E-state index is 11.2. The Bertz CT molecular complexity index is 763. The van der Waals surface area contributed by atoms with E-state index in [1.54, 1.807) is 22.9 Å². The summed E-state index contributed by atoms with van der Waals surface area (Å²) in [5, 5.41) is 13.9. The monoisotopic (exact) mass is 253 g/mol. The molecule has 3 rings (SSSR count). The van der Waals surface area contributed by atoms with Gasteiger partial charge >= 0.3 is 5.97 Å². The van der Waals surface area contributed by atoms with Crippen LogP contribution in [-0.4, -0.2) is 20.9 Å². The Morgan fingerprint density at radius 2 is 1.89 bits per heavy atom. The van der Waals surface area contributed by atoms with Crippen LogP contribution in [0.2, 0.25) is 0 Å². The molecule has 3 N–H and O–H groups in total. The van der Waals surface area contributed by atoms with Crippen LogP contribution in [0, 0.1) is 0 Å². The van der Waals surface area contributed by atoms with Crippen molar-refractivity contribution in [2.45, 2.75) is 0 Å². The highest BCUT2D eigenvalue weighted by Crippen LogP contribution is 2.24. The fourth-order valence-corrected chi connectivity index (χ4v) is 2.06. The molecule has 5 nitrogen and oxygen atoms in total. The number of fused-ring (bicyclic) bond motifs is 1. The summed E-state index contributed by atoms with van der Waals surface area (Å²) >= 11 is 0. The molecule has 0 unspecified atom stereocenters. The predicted molar refractivity (Wildman–Crippen MR) is 72.4 cm³/mol. The molecular weight excluding hydrogens is 242 g/mol. The Kier molecular flexibility index (Phi) is 2.45. The molecule has 1 aromatic heterocycles. The van der Waals surface area contributed by atoms with Crippen molar-refractivity contribution in [3.8, 4) is 5.69 Å². The molecule has 0 radical (unpaired) electrons. The maximum atomic E-state index is 11.2. The van der Waals surface area contributed by atoms with E-state index in [2.05, 4.69) is 5.10 Å². The van der Waals surface area contributed by atoms with E-state index in [9.17, 15) is 9.90 Å². The van der Waals surface area contributed by atoms with Gasteiger partial charge in [0.25, 0.3) is 0 Å². The van der Waals surface area contributed by atoms with E-state index < -0.39 is 5.97 Å². The number of aromatic nitrogens is 2. The molecule has 0 saturated heterocycles. The van der Waals surface area contributed by atoms with E-state index in [0.29, 0.717) is 16.6 Å². The average Bonchev–Trinajstić information content (AvgIpc) is 2.78. The number of carbonyl (C=O) groups is 1. The van der Waals surface area contributed by atoms with Crippen molar-refractivity contribution in [2.24, 2.45) is 0 Å². The number of anilines is 1. The summed E-state index contributed by atoms with van der Waals surface area (Å²) in [6.07, 6.45) is 0. The molecule has 3 aromatic rings. The zero-order valence-electron chi connectivity index (χ0n) is 9.95. The van der Waals surface area contributed by atoms with Crippen LogP contribution in [0.5, 0.6) is 0 Å². The maximum Gasteiger partial charge on any atom is 0.357 e. The highest BCUT2D eigenvalue weighted by atomic mass is 16.4. The number of carboxylic acids is 1. The van der Waals surface area contributed by atoms with Crippen LogP contribution < -0.4 is 5.73 Å². The first-order valence-electron chi connectivity index (χ1n) is 5.74. The number of hydrogen-bond acceptors (Lipinski definition) is 3. The van der Waals surface area contributed by atoms with Gasteiger partial charge in [0.05, 0.1) is 11.2 Å². The van der Waals surface area contributed by atoms with Crippen LogP contribution in [0.25, 0.3) is 16.6 Å². The summed E-state index contributed by atoms with van der Waals surface area (Å²) in [7, 11) is 0. The molecule has 0 spiro atoms. The molecule has 0 aliphatic carbocycles. The lowest BCUT2D eigenvalue weighted by Crippen LogP contribution is -2.01. The van der Waals surface area contributed by atoms with Crippen molar-refractivity contribution in [1.29, 1.82) is 0 Å². The van der Waals surface area contributed by atoms with Crippen molar-refractivity contribution in [3.05, 3.63) is 54.2 Å². The number of para-hydroxylation sites is 1. The fourth-order valence-electron chi connectivity index (χ4n) is 2.06. The van der Waals surface area contributed by atoms with Crippen molar-refractivity contribution in [2.75, 3.05) is 5.73 Å². The van der Waals surface area contributed by atoms with Crippen LogP contribution in [0.15, 0.2) is 48.5 Å². The summed E-state index contributed by atoms with van der Waals surface area (Å²) in [4.78, 5) is 11.2. The average molecular weight is 253 g/mol. The van der Waals surface area contributed by atoms with Crippen molar-refractivity contribution >= 4 is 22.6 Å². The SMILES string of the molecule is Nc1ccc2c(C(=O)O)nn(-c3ccccc3)c2c1. The fraction of sp³-hybridized carbons (Fsp3) is 0. The zero-order chi connectivity index (χ0) is 13.4. The molecule has 0 fully saturated rings. The van der Waals surface area contributed by atoms with Crippen LogP contribution in [0.1, 0.15) is 10.5 Å². The first kappa shape index (κ1) is 11.3. The number of carboxylic acid groups (broad SMARTS) is 1. The van der Waals surface area contributed by atoms with E-state index in [4.69, 9.17) is 5.73 Å². The van der Waals surface area contributed by atoms with Crippen LogP contribution in [0.4, 0.5) is 5.69 Å². The largest absolute Gasteiger partial charge is 0.476 e. The Hall–Kier alpha value is -2.82. The highest BCUT2D eigenvalue weighted by Gasteiger charge is 2.17. The highest BCUT2D eigenvalue weighted by molar-refractivity contribution is 6.02. The number of nitrogens with two attached hydrogens (primary N) is 1. The molecule has 1 heterocycles. The van der Waals surface area contributed by atoms with E-state index in [0.717, 1.165) is 5.69 Å². The Morgan fingerprint density at radius 1 is 1.16 bits per heavy atom. The third-order valence-corrected chi connectivity index (χ3v) is 2.91. The number of benzene rings is 2. The van der Waals surface area contributed by atoms with Gasteiger partial charge in [-0.2, -0.15) is 5.10 Å². The number of aromatic carboxylic acids is 1. The van der Waals surface area contributed by atoms with Gasteiger partial charge in [0.1, 0.15) is 0 Å². The van der Waals surface area contributed by atoms with Gasteiger partial charge in [0.15, 0.2) is 5.69 Å². The molecule has 19 heavy (non-hydrogen) atoms. The van der Waals surface area contributed by atoms with Gasteiger partial charge in [0, 0.05) is 11.1 Å². The first-order chi connectivity index (χ1) is 9.16. The van der Waals surface area contributed by atoms with Gasteiger partial charge in [-0.05, 0) is 30.3 Å². The molecule has 94 valence electrons. The van der Waals surface area contributed by atoms with Crippen molar-refractivity contribution in [1.82, 2.24) is 9.78 Å². The van der Waals surface area contributed by atoms with E-state index in [1.165, 1.54) is 0 Å². The third kappa shape index (κ3) is 1.81. The van der Waals surface area contributed by atoms with Gasteiger partial charge in [-0.3, -0.25) is 0 Å². The van der Waals surface area contributed by atoms with E-state index >= 15 is 0 Å². The molecule has 0 amide bonds. The topological polar surface area (TPSA) is 81.1 Å². The molecule has 0 saturated carbocycles. The second-order valence-electron chi connectivity index (χ2n) is 4.18. The van der Waals surface area contributed by atoms with Crippen LogP contribution in [-0.2, 0) is 0 Å². The zero-order valence-corrected chi connectivity index (χ0v) is 9.95.